The molecular weight excluding hydrogens is 352 g/mol. The number of hydrogen-bond acceptors (Lipinski definition) is 2. The van der Waals surface area contributed by atoms with Crippen LogP contribution in [0.2, 0.25) is 0 Å². The maximum absolute atomic E-state index is 12.5. The van der Waals surface area contributed by atoms with E-state index in [1.165, 1.54) is 0 Å². The molecule has 0 saturated carbocycles. The Morgan fingerprint density at radius 1 is 0.957 bits per heavy atom. The van der Waals surface area contributed by atoms with Gasteiger partial charge in [-0.2, -0.15) is 0 Å². The SMILES string of the molecule is CCC(=O)N(CCN(CC)CC)c1ccc(Br)c2ccccc12. The van der Waals surface area contributed by atoms with Crippen LogP contribution in [0.5, 0.6) is 0 Å². The zero-order valence-electron chi connectivity index (χ0n) is 14.2. The van der Waals surface area contributed by atoms with E-state index in [0.29, 0.717) is 6.42 Å². The fraction of sp³-hybridized carbons (Fsp3) is 0.421. The Bertz CT molecular complexity index is 667. The summed E-state index contributed by atoms with van der Waals surface area (Å²) in [5, 5.41) is 2.25. The number of hydrogen-bond donors (Lipinski definition) is 0. The Balaban J connectivity index is 2.40. The number of benzene rings is 2. The van der Waals surface area contributed by atoms with Crippen molar-refractivity contribution in [2.45, 2.75) is 27.2 Å². The third-order valence-electron chi connectivity index (χ3n) is 4.28. The Morgan fingerprint density at radius 2 is 1.61 bits per heavy atom. The van der Waals surface area contributed by atoms with Crippen LogP contribution >= 0.6 is 15.9 Å². The number of fused-ring (bicyclic) bond motifs is 1. The first-order valence-corrected chi connectivity index (χ1v) is 9.11. The molecule has 2 aromatic carbocycles. The van der Waals surface area contributed by atoms with Crippen LogP contribution in [0.3, 0.4) is 0 Å². The molecule has 0 aromatic heterocycles. The molecule has 0 N–H and O–H groups in total. The summed E-state index contributed by atoms with van der Waals surface area (Å²) in [6.07, 6.45) is 0.517. The number of anilines is 1. The third kappa shape index (κ3) is 4.12. The number of nitrogens with zero attached hydrogens (tertiary/aromatic N) is 2. The van der Waals surface area contributed by atoms with Gasteiger partial charge in [0.2, 0.25) is 5.91 Å². The molecule has 0 unspecified atom stereocenters. The van der Waals surface area contributed by atoms with Gasteiger partial charge in [-0.15, -0.1) is 0 Å². The van der Waals surface area contributed by atoms with Crippen molar-refractivity contribution in [3.8, 4) is 0 Å². The van der Waals surface area contributed by atoms with Crippen molar-refractivity contribution in [3.05, 3.63) is 40.9 Å². The number of likely N-dealkylation sites (N-methyl/N-ethyl adjacent to an activating group) is 1. The molecule has 0 spiro atoms. The van der Waals surface area contributed by atoms with Crippen LogP contribution in [0, 0.1) is 0 Å². The molecule has 0 saturated heterocycles. The molecule has 0 aliphatic carbocycles. The van der Waals surface area contributed by atoms with E-state index in [9.17, 15) is 4.79 Å². The Morgan fingerprint density at radius 3 is 2.22 bits per heavy atom. The molecule has 0 atom stereocenters. The molecule has 23 heavy (non-hydrogen) atoms. The monoisotopic (exact) mass is 376 g/mol. The molecule has 3 nitrogen and oxygen atoms in total. The van der Waals surface area contributed by atoms with Gasteiger partial charge in [0.15, 0.2) is 0 Å². The Kier molecular flexibility index (Phi) is 6.60. The number of halogens is 1. The molecule has 0 aliphatic rings. The van der Waals surface area contributed by atoms with Crippen molar-refractivity contribution in [3.63, 3.8) is 0 Å². The first-order chi connectivity index (χ1) is 11.1. The topological polar surface area (TPSA) is 23.6 Å². The predicted molar refractivity (Wildman–Crippen MR) is 102 cm³/mol. The molecule has 0 bridgehead atoms. The fourth-order valence-corrected chi connectivity index (χ4v) is 3.31. The van der Waals surface area contributed by atoms with Gasteiger partial charge in [-0.25, -0.2) is 0 Å². The lowest BCUT2D eigenvalue weighted by Gasteiger charge is -2.27. The van der Waals surface area contributed by atoms with Crippen molar-refractivity contribution in [1.82, 2.24) is 4.90 Å². The van der Waals surface area contributed by atoms with E-state index in [4.69, 9.17) is 0 Å². The van der Waals surface area contributed by atoms with Crippen molar-refractivity contribution < 1.29 is 4.79 Å². The summed E-state index contributed by atoms with van der Waals surface area (Å²) in [4.78, 5) is 16.8. The van der Waals surface area contributed by atoms with E-state index < -0.39 is 0 Å². The second-order valence-corrected chi connectivity index (χ2v) is 6.39. The zero-order chi connectivity index (χ0) is 16.8. The molecule has 124 valence electrons. The molecule has 2 aromatic rings. The van der Waals surface area contributed by atoms with E-state index >= 15 is 0 Å². The maximum atomic E-state index is 12.5. The second-order valence-electron chi connectivity index (χ2n) is 5.54. The highest BCUT2D eigenvalue weighted by Gasteiger charge is 2.17. The molecule has 0 fully saturated rings. The van der Waals surface area contributed by atoms with E-state index in [1.54, 1.807) is 0 Å². The summed E-state index contributed by atoms with van der Waals surface area (Å²) in [6, 6.07) is 12.3. The van der Waals surface area contributed by atoms with Crippen molar-refractivity contribution in [1.29, 1.82) is 0 Å². The molecule has 2 rings (SSSR count). The van der Waals surface area contributed by atoms with Crippen LogP contribution in [-0.4, -0.2) is 37.0 Å². The minimum atomic E-state index is 0.171. The smallest absolute Gasteiger partial charge is 0.226 e. The maximum Gasteiger partial charge on any atom is 0.226 e. The summed E-state index contributed by atoms with van der Waals surface area (Å²) in [5.74, 6) is 0.171. The first-order valence-electron chi connectivity index (χ1n) is 8.32. The highest BCUT2D eigenvalue weighted by molar-refractivity contribution is 9.10. The lowest BCUT2D eigenvalue weighted by molar-refractivity contribution is -0.118. The summed E-state index contributed by atoms with van der Waals surface area (Å²) in [6.45, 7) is 9.86. The lowest BCUT2D eigenvalue weighted by atomic mass is 10.1. The average molecular weight is 377 g/mol. The minimum absolute atomic E-state index is 0.171. The Hall–Kier alpha value is -1.39. The summed E-state index contributed by atoms with van der Waals surface area (Å²) in [5.41, 5.74) is 1.00. The highest BCUT2D eigenvalue weighted by Crippen LogP contribution is 2.32. The molecule has 1 amide bonds. The number of carbonyl (C=O) groups excluding carboxylic acids is 1. The van der Waals surface area contributed by atoms with Crippen LogP contribution in [0.1, 0.15) is 27.2 Å². The summed E-state index contributed by atoms with van der Waals surface area (Å²) < 4.78 is 1.06. The van der Waals surface area contributed by atoms with Crippen LogP contribution in [-0.2, 0) is 4.79 Å². The standard InChI is InChI=1S/C19H25BrN2O/c1-4-19(23)22(14-13-21(5-2)6-3)18-12-11-17(20)15-9-7-8-10-16(15)18/h7-12H,4-6,13-14H2,1-3H3. The molecular formula is C19H25BrN2O. The molecule has 4 heteroatoms. The van der Waals surface area contributed by atoms with Crippen molar-refractivity contribution in [2.75, 3.05) is 31.1 Å². The average Bonchev–Trinajstić information content (AvgIpc) is 2.60. The van der Waals surface area contributed by atoms with Gasteiger partial charge in [0.25, 0.3) is 0 Å². The van der Waals surface area contributed by atoms with E-state index in [-0.39, 0.29) is 5.91 Å². The molecule has 0 heterocycles. The van der Waals surface area contributed by atoms with Crippen molar-refractivity contribution in [2.24, 2.45) is 0 Å². The van der Waals surface area contributed by atoms with Gasteiger partial charge in [-0.3, -0.25) is 4.79 Å². The van der Waals surface area contributed by atoms with Crippen LogP contribution in [0.25, 0.3) is 10.8 Å². The van der Waals surface area contributed by atoms with E-state index in [1.807, 2.05) is 36.1 Å². The highest BCUT2D eigenvalue weighted by atomic mass is 79.9. The van der Waals surface area contributed by atoms with E-state index in [2.05, 4.69) is 46.8 Å². The number of rotatable bonds is 7. The van der Waals surface area contributed by atoms with Gasteiger partial charge in [-0.05, 0) is 30.6 Å². The molecule has 0 radical (unpaired) electrons. The fourth-order valence-electron chi connectivity index (χ4n) is 2.83. The minimum Gasteiger partial charge on any atom is -0.311 e. The van der Waals surface area contributed by atoms with Gasteiger partial charge < -0.3 is 9.80 Å². The second kappa shape index (κ2) is 8.46. The number of amides is 1. The predicted octanol–water partition coefficient (Wildman–Crippen LogP) is 4.69. The normalized spacial score (nSPS) is 11.2. The number of carbonyl (C=O) groups is 1. The molecule has 0 aliphatic heterocycles. The third-order valence-corrected chi connectivity index (χ3v) is 4.97. The van der Waals surface area contributed by atoms with E-state index in [0.717, 1.165) is 47.1 Å². The summed E-state index contributed by atoms with van der Waals surface area (Å²) in [7, 11) is 0. The van der Waals surface area contributed by atoms with Gasteiger partial charge in [0.1, 0.15) is 0 Å². The quantitative estimate of drug-likeness (QED) is 0.699. The summed E-state index contributed by atoms with van der Waals surface area (Å²) >= 11 is 3.61. The Labute approximate surface area is 147 Å². The van der Waals surface area contributed by atoms with Gasteiger partial charge >= 0.3 is 0 Å². The zero-order valence-corrected chi connectivity index (χ0v) is 15.8. The van der Waals surface area contributed by atoms with Gasteiger partial charge in [0.05, 0.1) is 5.69 Å². The van der Waals surface area contributed by atoms with Crippen LogP contribution < -0.4 is 4.90 Å². The lowest BCUT2D eigenvalue weighted by Crippen LogP contribution is -2.38. The van der Waals surface area contributed by atoms with Crippen LogP contribution in [0.4, 0.5) is 5.69 Å². The van der Waals surface area contributed by atoms with Gasteiger partial charge in [-0.1, -0.05) is 61.0 Å². The largest absolute Gasteiger partial charge is 0.311 e. The van der Waals surface area contributed by atoms with Crippen molar-refractivity contribution >= 4 is 38.3 Å². The van der Waals surface area contributed by atoms with Crippen LogP contribution in [0.15, 0.2) is 40.9 Å². The first kappa shape index (κ1) is 18.0. The van der Waals surface area contributed by atoms with Gasteiger partial charge in [0, 0.05) is 29.4 Å².